The number of ether oxygens (including phenoxy) is 3. The molecule has 2 aromatic carbocycles. The Labute approximate surface area is 184 Å². The summed E-state index contributed by atoms with van der Waals surface area (Å²) in [6.07, 6.45) is 1.000. The second-order valence-corrected chi connectivity index (χ2v) is 7.82. The molecule has 31 heavy (non-hydrogen) atoms. The van der Waals surface area contributed by atoms with Gasteiger partial charge in [-0.15, -0.1) is 0 Å². The SMILES string of the molecule is COc1cccc(OCC(O)CN(C)Cc2ccc(OCCN3CCCC3=O)cc2)c1. The second-order valence-electron chi connectivity index (χ2n) is 7.82. The lowest BCUT2D eigenvalue weighted by Gasteiger charge is -2.21. The molecule has 1 fully saturated rings. The molecule has 1 saturated heterocycles. The highest BCUT2D eigenvalue weighted by atomic mass is 16.5. The molecule has 0 radical (unpaired) electrons. The van der Waals surface area contributed by atoms with Gasteiger partial charge >= 0.3 is 0 Å². The van der Waals surface area contributed by atoms with Crippen molar-refractivity contribution < 1.29 is 24.1 Å². The largest absolute Gasteiger partial charge is 0.497 e. The van der Waals surface area contributed by atoms with Gasteiger partial charge in [-0.25, -0.2) is 0 Å². The van der Waals surface area contributed by atoms with E-state index in [0.717, 1.165) is 30.0 Å². The van der Waals surface area contributed by atoms with Gasteiger partial charge in [0, 0.05) is 32.1 Å². The number of aliphatic hydroxyl groups excluding tert-OH is 1. The lowest BCUT2D eigenvalue weighted by atomic mass is 10.2. The summed E-state index contributed by atoms with van der Waals surface area (Å²) in [5.74, 6) is 2.41. The van der Waals surface area contributed by atoms with Crippen LogP contribution in [0.15, 0.2) is 48.5 Å². The van der Waals surface area contributed by atoms with Crippen molar-refractivity contribution in [2.75, 3.05) is 47.0 Å². The molecular weight excluding hydrogens is 396 g/mol. The normalized spacial score (nSPS) is 14.7. The van der Waals surface area contributed by atoms with E-state index in [4.69, 9.17) is 14.2 Å². The van der Waals surface area contributed by atoms with E-state index >= 15 is 0 Å². The molecule has 0 spiro atoms. The Morgan fingerprint density at radius 3 is 2.58 bits per heavy atom. The number of amides is 1. The lowest BCUT2D eigenvalue weighted by Crippen LogP contribution is -2.32. The van der Waals surface area contributed by atoms with E-state index in [2.05, 4.69) is 4.90 Å². The fraction of sp³-hybridized carbons (Fsp3) is 0.458. The Kier molecular flexibility index (Phi) is 8.55. The summed E-state index contributed by atoms with van der Waals surface area (Å²) in [5.41, 5.74) is 1.13. The first kappa shape index (κ1) is 22.9. The summed E-state index contributed by atoms with van der Waals surface area (Å²) in [6.45, 7) is 3.39. The molecular formula is C24H32N2O5. The highest BCUT2D eigenvalue weighted by molar-refractivity contribution is 5.78. The van der Waals surface area contributed by atoms with Crippen molar-refractivity contribution in [2.45, 2.75) is 25.5 Å². The number of nitrogens with zero attached hydrogens (tertiary/aromatic N) is 2. The first-order valence-electron chi connectivity index (χ1n) is 10.7. The van der Waals surface area contributed by atoms with Gasteiger partial charge in [0.05, 0.1) is 13.7 Å². The summed E-state index contributed by atoms with van der Waals surface area (Å²) in [6, 6.07) is 15.3. The van der Waals surface area contributed by atoms with Gasteiger partial charge in [-0.1, -0.05) is 18.2 Å². The number of aliphatic hydroxyl groups is 1. The van der Waals surface area contributed by atoms with E-state index in [0.29, 0.717) is 38.4 Å². The Balaban J connectivity index is 1.36. The van der Waals surface area contributed by atoms with Crippen LogP contribution >= 0.6 is 0 Å². The fourth-order valence-corrected chi connectivity index (χ4v) is 3.58. The lowest BCUT2D eigenvalue weighted by molar-refractivity contribution is -0.128. The van der Waals surface area contributed by atoms with Crippen LogP contribution < -0.4 is 14.2 Å². The predicted molar refractivity (Wildman–Crippen MR) is 119 cm³/mol. The van der Waals surface area contributed by atoms with Crippen molar-refractivity contribution in [3.05, 3.63) is 54.1 Å². The molecule has 1 atom stereocenters. The van der Waals surface area contributed by atoms with Crippen molar-refractivity contribution in [3.63, 3.8) is 0 Å². The number of carbonyl (C=O) groups is 1. The number of hydrogen-bond donors (Lipinski definition) is 1. The zero-order valence-electron chi connectivity index (χ0n) is 18.3. The van der Waals surface area contributed by atoms with Gasteiger partial charge in [0.1, 0.15) is 36.6 Å². The molecule has 2 aromatic rings. The number of benzene rings is 2. The summed E-state index contributed by atoms with van der Waals surface area (Å²) < 4.78 is 16.6. The Hall–Kier alpha value is -2.77. The topological polar surface area (TPSA) is 71.5 Å². The Morgan fingerprint density at radius 2 is 1.87 bits per heavy atom. The highest BCUT2D eigenvalue weighted by Crippen LogP contribution is 2.19. The second kappa shape index (κ2) is 11.6. The van der Waals surface area contributed by atoms with Crippen molar-refractivity contribution in [1.82, 2.24) is 9.80 Å². The van der Waals surface area contributed by atoms with Crippen LogP contribution in [0.25, 0.3) is 0 Å². The van der Waals surface area contributed by atoms with Gasteiger partial charge in [-0.05, 0) is 43.3 Å². The summed E-state index contributed by atoms with van der Waals surface area (Å²) >= 11 is 0. The molecule has 168 valence electrons. The van der Waals surface area contributed by atoms with Gasteiger partial charge in [-0.2, -0.15) is 0 Å². The standard InChI is InChI=1S/C24H32N2O5/c1-25(17-20(27)18-31-23-6-3-5-22(15-23)29-2)16-19-8-10-21(11-9-19)30-14-13-26-12-4-7-24(26)28/h3,5-6,8-11,15,20,27H,4,7,12-14,16-18H2,1-2H3. The molecule has 7 nitrogen and oxygen atoms in total. The van der Waals surface area contributed by atoms with Crippen LogP contribution in [0.5, 0.6) is 17.2 Å². The number of likely N-dealkylation sites (tertiary alicyclic amines) is 1. The van der Waals surface area contributed by atoms with Crippen LogP contribution in [0.1, 0.15) is 18.4 Å². The molecule has 3 rings (SSSR count). The Bertz CT molecular complexity index is 827. The number of likely N-dealkylation sites (N-methyl/N-ethyl adjacent to an activating group) is 1. The third-order valence-electron chi connectivity index (χ3n) is 5.18. The molecule has 1 aliphatic rings. The molecule has 0 aliphatic carbocycles. The number of methoxy groups -OCH3 is 1. The van der Waals surface area contributed by atoms with Crippen molar-refractivity contribution in [1.29, 1.82) is 0 Å². The van der Waals surface area contributed by atoms with Crippen molar-refractivity contribution in [2.24, 2.45) is 0 Å². The average molecular weight is 429 g/mol. The summed E-state index contributed by atoms with van der Waals surface area (Å²) in [5, 5.41) is 10.3. The molecule has 1 N–H and O–H groups in total. The molecule has 0 saturated carbocycles. The predicted octanol–water partition coefficient (Wildman–Crippen LogP) is 2.57. The molecule has 1 aliphatic heterocycles. The average Bonchev–Trinajstić information content (AvgIpc) is 3.18. The van der Waals surface area contributed by atoms with E-state index in [1.54, 1.807) is 13.2 Å². The minimum absolute atomic E-state index is 0.212. The van der Waals surface area contributed by atoms with Crippen molar-refractivity contribution in [3.8, 4) is 17.2 Å². The quantitative estimate of drug-likeness (QED) is 0.560. The molecule has 1 amide bonds. The first-order valence-corrected chi connectivity index (χ1v) is 10.7. The van der Waals surface area contributed by atoms with Gasteiger partial charge < -0.3 is 24.2 Å². The fourth-order valence-electron chi connectivity index (χ4n) is 3.58. The van der Waals surface area contributed by atoms with Crippen LogP contribution in [-0.2, 0) is 11.3 Å². The number of rotatable bonds is 12. The van der Waals surface area contributed by atoms with Gasteiger partial charge in [-0.3, -0.25) is 9.69 Å². The van der Waals surface area contributed by atoms with Gasteiger partial charge in [0.25, 0.3) is 0 Å². The van der Waals surface area contributed by atoms with E-state index in [1.807, 2.05) is 54.4 Å². The summed E-state index contributed by atoms with van der Waals surface area (Å²) in [7, 11) is 3.57. The third kappa shape index (κ3) is 7.45. The minimum atomic E-state index is -0.605. The number of carbonyl (C=O) groups excluding carboxylic acids is 1. The molecule has 0 bridgehead atoms. The monoisotopic (exact) mass is 428 g/mol. The van der Waals surface area contributed by atoms with Gasteiger partial charge in [0.15, 0.2) is 0 Å². The van der Waals surface area contributed by atoms with E-state index in [-0.39, 0.29) is 12.5 Å². The van der Waals surface area contributed by atoms with Crippen molar-refractivity contribution >= 4 is 5.91 Å². The highest BCUT2D eigenvalue weighted by Gasteiger charge is 2.19. The molecule has 0 aromatic heterocycles. The maximum Gasteiger partial charge on any atom is 0.222 e. The minimum Gasteiger partial charge on any atom is -0.497 e. The first-order chi connectivity index (χ1) is 15.0. The Morgan fingerprint density at radius 1 is 1.10 bits per heavy atom. The number of hydrogen-bond acceptors (Lipinski definition) is 6. The zero-order valence-corrected chi connectivity index (χ0v) is 18.3. The molecule has 7 heteroatoms. The maximum absolute atomic E-state index is 11.6. The van der Waals surface area contributed by atoms with Crippen LogP contribution in [0.3, 0.4) is 0 Å². The van der Waals surface area contributed by atoms with E-state index in [1.165, 1.54) is 0 Å². The zero-order chi connectivity index (χ0) is 22.1. The van der Waals surface area contributed by atoms with Gasteiger partial charge in [0.2, 0.25) is 5.91 Å². The van der Waals surface area contributed by atoms with E-state index < -0.39 is 6.10 Å². The molecule has 1 heterocycles. The molecule has 1 unspecified atom stereocenters. The van der Waals surface area contributed by atoms with Crippen LogP contribution in [0.4, 0.5) is 0 Å². The van der Waals surface area contributed by atoms with Crippen LogP contribution in [0, 0.1) is 0 Å². The summed E-state index contributed by atoms with van der Waals surface area (Å²) in [4.78, 5) is 15.5. The van der Waals surface area contributed by atoms with Crippen LogP contribution in [-0.4, -0.2) is 73.9 Å². The third-order valence-corrected chi connectivity index (χ3v) is 5.18. The van der Waals surface area contributed by atoms with Crippen LogP contribution in [0.2, 0.25) is 0 Å². The van der Waals surface area contributed by atoms with E-state index in [9.17, 15) is 9.90 Å². The smallest absolute Gasteiger partial charge is 0.222 e. The maximum atomic E-state index is 11.6.